The van der Waals surface area contributed by atoms with Gasteiger partial charge in [0.2, 0.25) is 0 Å². The van der Waals surface area contributed by atoms with Gasteiger partial charge >= 0.3 is 0 Å². The van der Waals surface area contributed by atoms with E-state index >= 15 is 0 Å². The van der Waals surface area contributed by atoms with E-state index in [1.165, 1.54) is 0 Å². The van der Waals surface area contributed by atoms with E-state index in [2.05, 4.69) is 5.10 Å². The molecule has 1 atom stereocenters. The molecule has 2 aromatic carbocycles. The lowest BCUT2D eigenvalue weighted by Gasteiger charge is -2.10. The summed E-state index contributed by atoms with van der Waals surface area (Å²) >= 11 is 12.8. The van der Waals surface area contributed by atoms with E-state index in [1.54, 1.807) is 6.20 Å². The maximum Gasteiger partial charge on any atom is 0.0880 e. The SMILES string of the molecule is Cc1ccc(C(Cl)c2cnn(-c3ccccc3)c2)c(Cl)c1. The second kappa shape index (κ2) is 5.92. The molecular weight excluding hydrogens is 303 g/mol. The van der Waals surface area contributed by atoms with Crippen LogP contribution in [-0.2, 0) is 0 Å². The van der Waals surface area contributed by atoms with Crippen LogP contribution in [0.3, 0.4) is 0 Å². The Morgan fingerprint density at radius 1 is 1.10 bits per heavy atom. The van der Waals surface area contributed by atoms with Crippen molar-refractivity contribution in [3.05, 3.63) is 82.6 Å². The van der Waals surface area contributed by atoms with Crippen LogP contribution in [0.5, 0.6) is 0 Å². The molecule has 3 aromatic rings. The average molecular weight is 317 g/mol. The van der Waals surface area contributed by atoms with Gasteiger partial charge in [0.15, 0.2) is 0 Å². The van der Waals surface area contributed by atoms with E-state index in [0.29, 0.717) is 5.02 Å². The van der Waals surface area contributed by atoms with Crippen LogP contribution in [0.1, 0.15) is 22.1 Å². The first-order chi connectivity index (χ1) is 10.1. The Morgan fingerprint density at radius 2 is 1.86 bits per heavy atom. The molecule has 0 radical (unpaired) electrons. The van der Waals surface area contributed by atoms with Crippen molar-refractivity contribution in [3.63, 3.8) is 0 Å². The van der Waals surface area contributed by atoms with Gasteiger partial charge in [-0.25, -0.2) is 4.68 Å². The van der Waals surface area contributed by atoms with E-state index < -0.39 is 0 Å². The summed E-state index contributed by atoms with van der Waals surface area (Å²) in [5.74, 6) is 0. The van der Waals surface area contributed by atoms with E-state index in [9.17, 15) is 0 Å². The molecule has 0 aliphatic carbocycles. The number of halogens is 2. The van der Waals surface area contributed by atoms with Gasteiger partial charge in [0.05, 0.1) is 17.3 Å². The van der Waals surface area contributed by atoms with Crippen molar-refractivity contribution in [2.45, 2.75) is 12.3 Å². The summed E-state index contributed by atoms with van der Waals surface area (Å²) in [4.78, 5) is 0. The second-order valence-electron chi connectivity index (χ2n) is 4.94. The van der Waals surface area contributed by atoms with E-state index in [4.69, 9.17) is 23.2 Å². The summed E-state index contributed by atoms with van der Waals surface area (Å²) in [6.45, 7) is 2.01. The lowest BCUT2D eigenvalue weighted by Crippen LogP contribution is -1.95. The first-order valence-electron chi connectivity index (χ1n) is 6.65. The van der Waals surface area contributed by atoms with Crippen molar-refractivity contribution in [1.82, 2.24) is 9.78 Å². The number of alkyl halides is 1. The second-order valence-corrected chi connectivity index (χ2v) is 5.78. The van der Waals surface area contributed by atoms with Gasteiger partial charge in [-0.15, -0.1) is 11.6 Å². The topological polar surface area (TPSA) is 17.8 Å². The molecule has 3 rings (SSSR count). The molecule has 1 aromatic heterocycles. The number of para-hydroxylation sites is 1. The molecule has 0 aliphatic heterocycles. The normalized spacial score (nSPS) is 12.3. The van der Waals surface area contributed by atoms with Crippen molar-refractivity contribution < 1.29 is 0 Å². The van der Waals surface area contributed by atoms with Crippen molar-refractivity contribution in [3.8, 4) is 5.69 Å². The van der Waals surface area contributed by atoms with Crippen LogP contribution >= 0.6 is 23.2 Å². The molecule has 106 valence electrons. The summed E-state index contributed by atoms with van der Waals surface area (Å²) in [5, 5.41) is 4.74. The number of benzene rings is 2. The van der Waals surface area contributed by atoms with Crippen molar-refractivity contribution in [2.24, 2.45) is 0 Å². The predicted molar refractivity (Wildman–Crippen MR) is 87.4 cm³/mol. The summed E-state index contributed by atoms with van der Waals surface area (Å²) < 4.78 is 1.81. The van der Waals surface area contributed by atoms with Crippen molar-refractivity contribution >= 4 is 23.2 Å². The Hall–Kier alpha value is -1.77. The monoisotopic (exact) mass is 316 g/mol. The quantitative estimate of drug-likeness (QED) is 0.610. The Kier molecular flexibility index (Phi) is 4.00. The van der Waals surface area contributed by atoms with Crippen LogP contribution in [0.2, 0.25) is 5.02 Å². The minimum absolute atomic E-state index is 0.310. The zero-order valence-electron chi connectivity index (χ0n) is 11.5. The molecule has 0 N–H and O–H groups in total. The molecule has 4 heteroatoms. The summed E-state index contributed by atoms with van der Waals surface area (Å²) in [6, 6.07) is 15.8. The van der Waals surface area contributed by atoms with Gasteiger partial charge in [-0.1, -0.05) is 41.9 Å². The van der Waals surface area contributed by atoms with E-state index in [1.807, 2.05) is 66.3 Å². The van der Waals surface area contributed by atoms with Crippen molar-refractivity contribution in [1.29, 1.82) is 0 Å². The zero-order chi connectivity index (χ0) is 14.8. The number of hydrogen-bond acceptors (Lipinski definition) is 1. The van der Waals surface area contributed by atoms with Gasteiger partial charge in [-0.3, -0.25) is 0 Å². The third kappa shape index (κ3) is 2.97. The van der Waals surface area contributed by atoms with Gasteiger partial charge in [0.1, 0.15) is 0 Å². The number of rotatable bonds is 3. The highest BCUT2D eigenvalue weighted by atomic mass is 35.5. The summed E-state index contributed by atoms with van der Waals surface area (Å²) in [7, 11) is 0. The van der Waals surface area contributed by atoms with E-state index in [0.717, 1.165) is 22.4 Å². The van der Waals surface area contributed by atoms with E-state index in [-0.39, 0.29) is 5.38 Å². The molecule has 0 bridgehead atoms. The van der Waals surface area contributed by atoms with Crippen LogP contribution in [-0.4, -0.2) is 9.78 Å². The van der Waals surface area contributed by atoms with Gasteiger partial charge in [-0.2, -0.15) is 5.10 Å². The van der Waals surface area contributed by atoms with Crippen LogP contribution in [0.25, 0.3) is 5.69 Å². The number of aryl methyl sites for hydroxylation is 1. The Bertz CT molecular complexity index is 750. The highest BCUT2D eigenvalue weighted by molar-refractivity contribution is 6.33. The molecule has 0 saturated heterocycles. The lowest BCUT2D eigenvalue weighted by molar-refractivity contribution is 0.880. The Morgan fingerprint density at radius 3 is 2.57 bits per heavy atom. The molecule has 1 heterocycles. The third-order valence-corrected chi connectivity index (χ3v) is 4.16. The fourth-order valence-electron chi connectivity index (χ4n) is 2.21. The number of hydrogen-bond donors (Lipinski definition) is 0. The Labute approximate surface area is 133 Å². The molecule has 21 heavy (non-hydrogen) atoms. The highest BCUT2D eigenvalue weighted by Gasteiger charge is 2.16. The molecule has 0 fully saturated rings. The highest BCUT2D eigenvalue weighted by Crippen LogP contribution is 2.34. The minimum atomic E-state index is -0.310. The first-order valence-corrected chi connectivity index (χ1v) is 7.47. The lowest BCUT2D eigenvalue weighted by atomic mass is 10.1. The predicted octanol–water partition coefficient (Wildman–Crippen LogP) is 5.16. The molecule has 1 unspecified atom stereocenters. The fraction of sp³-hybridized carbons (Fsp3) is 0.118. The standard InChI is InChI=1S/C17H14Cl2N2/c1-12-7-8-15(16(18)9-12)17(19)13-10-20-21(11-13)14-5-3-2-4-6-14/h2-11,17H,1H3. The summed E-state index contributed by atoms with van der Waals surface area (Å²) in [5.41, 5.74) is 3.94. The molecule has 0 spiro atoms. The fourth-order valence-corrected chi connectivity index (χ4v) is 2.91. The molecule has 0 saturated carbocycles. The van der Waals surface area contributed by atoms with Gasteiger partial charge in [0, 0.05) is 16.8 Å². The van der Waals surface area contributed by atoms with Crippen LogP contribution in [0.4, 0.5) is 0 Å². The Balaban J connectivity index is 1.92. The van der Waals surface area contributed by atoms with Gasteiger partial charge < -0.3 is 0 Å². The van der Waals surface area contributed by atoms with Crippen LogP contribution < -0.4 is 0 Å². The summed E-state index contributed by atoms with van der Waals surface area (Å²) in [6.07, 6.45) is 3.71. The molecule has 0 amide bonds. The number of aromatic nitrogens is 2. The zero-order valence-corrected chi connectivity index (χ0v) is 13.0. The van der Waals surface area contributed by atoms with Gasteiger partial charge in [0.25, 0.3) is 0 Å². The average Bonchev–Trinajstić information content (AvgIpc) is 2.97. The largest absolute Gasteiger partial charge is 0.241 e. The third-order valence-electron chi connectivity index (χ3n) is 3.34. The molecular formula is C17H14Cl2N2. The van der Waals surface area contributed by atoms with Gasteiger partial charge in [-0.05, 0) is 36.2 Å². The maximum absolute atomic E-state index is 6.55. The maximum atomic E-state index is 6.55. The smallest absolute Gasteiger partial charge is 0.0880 e. The van der Waals surface area contributed by atoms with Crippen LogP contribution in [0.15, 0.2) is 60.9 Å². The minimum Gasteiger partial charge on any atom is -0.241 e. The van der Waals surface area contributed by atoms with Crippen LogP contribution in [0, 0.1) is 6.92 Å². The molecule has 0 aliphatic rings. The first kappa shape index (κ1) is 14.2. The van der Waals surface area contributed by atoms with Crippen molar-refractivity contribution in [2.75, 3.05) is 0 Å². The molecule has 2 nitrogen and oxygen atoms in total. The number of nitrogens with zero attached hydrogens (tertiary/aromatic N) is 2.